The number of nitrogens with one attached hydrogen (secondary N) is 1. The van der Waals surface area contributed by atoms with Gasteiger partial charge in [0, 0.05) is 10.6 Å². The largest absolute Gasteiger partial charge is 0.395 e. The number of para-hydroxylation sites is 1. The molecule has 4 nitrogen and oxygen atoms in total. The van der Waals surface area contributed by atoms with Crippen LogP contribution in [0.25, 0.3) is 0 Å². The number of nitrogens with two attached hydrogens (primary N) is 1. The first-order valence-electron chi connectivity index (χ1n) is 5.65. The molecular weight excluding hydrogens is 299 g/mol. The first-order valence-corrected chi connectivity index (χ1v) is 8.35. The number of hydrogen-bond acceptors (Lipinski definition) is 4. The molecule has 2 aromatic carbocycles. The van der Waals surface area contributed by atoms with E-state index in [-0.39, 0.29) is 10.6 Å². The van der Waals surface area contributed by atoms with E-state index in [1.54, 1.807) is 18.2 Å². The minimum atomic E-state index is -3.92. The van der Waals surface area contributed by atoms with E-state index in [1.165, 1.54) is 23.9 Å². The van der Waals surface area contributed by atoms with Gasteiger partial charge in [0.05, 0.1) is 5.69 Å². The molecule has 7 heteroatoms. The SMILES string of the molecule is CSc1cccc(NS(=O)(=O)c2cccc(F)c2N)c1. The van der Waals surface area contributed by atoms with Gasteiger partial charge in [0.1, 0.15) is 10.7 Å². The molecule has 0 heterocycles. The van der Waals surface area contributed by atoms with E-state index in [0.717, 1.165) is 11.0 Å². The Kier molecular flexibility index (Phi) is 4.20. The molecule has 2 aromatic rings. The van der Waals surface area contributed by atoms with Gasteiger partial charge in [-0.3, -0.25) is 4.72 Å². The Morgan fingerprint density at radius 2 is 1.90 bits per heavy atom. The van der Waals surface area contributed by atoms with Crippen molar-refractivity contribution >= 4 is 33.2 Å². The number of sulfonamides is 1. The standard InChI is InChI=1S/C13H13FN2O2S2/c1-19-10-5-2-4-9(8-10)16-20(17,18)12-7-3-6-11(14)13(12)15/h2-8,16H,15H2,1H3. The van der Waals surface area contributed by atoms with E-state index in [1.807, 2.05) is 12.3 Å². The Morgan fingerprint density at radius 1 is 1.20 bits per heavy atom. The summed E-state index contributed by atoms with van der Waals surface area (Å²) in [5, 5.41) is 0. The molecule has 0 saturated heterocycles. The number of rotatable bonds is 4. The minimum Gasteiger partial charge on any atom is -0.395 e. The lowest BCUT2D eigenvalue weighted by atomic mass is 10.3. The van der Waals surface area contributed by atoms with Crippen LogP contribution in [0.1, 0.15) is 0 Å². The predicted octanol–water partition coefficient (Wildman–Crippen LogP) is 2.93. The van der Waals surface area contributed by atoms with Gasteiger partial charge < -0.3 is 5.73 Å². The van der Waals surface area contributed by atoms with Crippen LogP contribution >= 0.6 is 11.8 Å². The van der Waals surface area contributed by atoms with Gasteiger partial charge in [-0.25, -0.2) is 12.8 Å². The van der Waals surface area contributed by atoms with E-state index in [4.69, 9.17) is 5.73 Å². The monoisotopic (exact) mass is 312 g/mol. The van der Waals surface area contributed by atoms with E-state index in [0.29, 0.717) is 5.69 Å². The molecule has 20 heavy (non-hydrogen) atoms. The summed E-state index contributed by atoms with van der Waals surface area (Å²) < 4.78 is 40.2. The average Bonchev–Trinajstić information content (AvgIpc) is 2.41. The van der Waals surface area contributed by atoms with Crippen LogP contribution in [0.5, 0.6) is 0 Å². The summed E-state index contributed by atoms with van der Waals surface area (Å²) in [5.74, 6) is -0.759. The predicted molar refractivity (Wildman–Crippen MR) is 79.8 cm³/mol. The molecule has 0 atom stereocenters. The van der Waals surface area contributed by atoms with Crippen LogP contribution in [0, 0.1) is 5.82 Å². The molecule has 0 aromatic heterocycles. The second kappa shape index (κ2) is 5.72. The van der Waals surface area contributed by atoms with Crippen LogP contribution < -0.4 is 10.5 Å². The third-order valence-corrected chi connectivity index (χ3v) is 4.79. The lowest BCUT2D eigenvalue weighted by Gasteiger charge is -2.11. The van der Waals surface area contributed by atoms with Gasteiger partial charge in [0.25, 0.3) is 10.0 Å². The van der Waals surface area contributed by atoms with Gasteiger partial charge in [-0.2, -0.15) is 0 Å². The number of benzene rings is 2. The number of nitrogen functional groups attached to an aromatic ring is 1. The van der Waals surface area contributed by atoms with Gasteiger partial charge in [-0.1, -0.05) is 12.1 Å². The van der Waals surface area contributed by atoms with E-state index in [9.17, 15) is 12.8 Å². The van der Waals surface area contributed by atoms with Crippen molar-refractivity contribution in [3.05, 3.63) is 48.3 Å². The molecule has 0 aliphatic carbocycles. The molecule has 106 valence electrons. The highest BCUT2D eigenvalue weighted by Gasteiger charge is 2.19. The molecular formula is C13H13FN2O2S2. The van der Waals surface area contributed by atoms with Crippen LogP contribution in [-0.2, 0) is 10.0 Å². The highest BCUT2D eigenvalue weighted by atomic mass is 32.2. The van der Waals surface area contributed by atoms with Gasteiger partial charge in [0.2, 0.25) is 0 Å². The fourth-order valence-corrected chi connectivity index (χ4v) is 3.30. The Balaban J connectivity index is 2.38. The van der Waals surface area contributed by atoms with Crippen LogP contribution in [0.15, 0.2) is 52.3 Å². The highest BCUT2D eigenvalue weighted by molar-refractivity contribution is 7.98. The zero-order valence-corrected chi connectivity index (χ0v) is 12.3. The molecule has 2 rings (SSSR count). The fourth-order valence-electron chi connectivity index (χ4n) is 1.65. The van der Waals surface area contributed by atoms with Crippen molar-refractivity contribution in [2.45, 2.75) is 9.79 Å². The van der Waals surface area contributed by atoms with Gasteiger partial charge in [-0.15, -0.1) is 11.8 Å². The molecule has 0 aliphatic heterocycles. The molecule has 0 fully saturated rings. The minimum absolute atomic E-state index is 0.271. The normalized spacial score (nSPS) is 11.3. The maximum atomic E-state index is 13.3. The third kappa shape index (κ3) is 3.05. The summed E-state index contributed by atoms with van der Waals surface area (Å²) in [6.07, 6.45) is 1.89. The Morgan fingerprint density at radius 3 is 2.60 bits per heavy atom. The molecule has 3 N–H and O–H groups in total. The van der Waals surface area contributed by atoms with Gasteiger partial charge in [0.15, 0.2) is 0 Å². The first-order chi connectivity index (χ1) is 9.44. The molecule has 0 bridgehead atoms. The molecule has 0 aliphatic rings. The zero-order valence-electron chi connectivity index (χ0n) is 10.6. The number of halogens is 1. The van der Waals surface area contributed by atoms with Crippen molar-refractivity contribution in [2.75, 3.05) is 16.7 Å². The van der Waals surface area contributed by atoms with Crippen molar-refractivity contribution in [3.8, 4) is 0 Å². The Labute approximate surface area is 121 Å². The van der Waals surface area contributed by atoms with Crippen LogP contribution in [0.4, 0.5) is 15.8 Å². The third-order valence-electron chi connectivity index (χ3n) is 2.62. The summed E-state index contributed by atoms with van der Waals surface area (Å²) in [4.78, 5) is 0.643. The second-order valence-electron chi connectivity index (χ2n) is 3.99. The lowest BCUT2D eigenvalue weighted by Crippen LogP contribution is -2.15. The fraction of sp³-hybridized carbons (Fsp3) is 0.0769. The summed E-state index contributed by atoms with van der Waals surface area (Å²) in [6, 6.07) is 10.6. The number of anilines is 2. The molecule has 0 unspecified atom stereocenters. The topological polar surface area (TPSA) is 72.2 Å². The molecule has 0 radical (unpaired) electrons. The average molecular weight is 312 g/mol. The van der Waals surface area contributed by atoms with Crippen LogP contribution in [0.2, 0.25) is 0 Å². The number of thioether (sulfide) groups is 1. The summed E-state index contributed by atoms with van der Waals surface area (Å²) in [7, 11) is -3.92. The quantitative estimate of drug-likeness (QED) is 0.672. The maximum Gasteiger partial charge on any atom is 0.264 e. The summed E-state index contributed by atoms with van der Waals surface area (Å²) >= 11 is 1.49. The summed E-state index contributed by atoms with van der Waals surface area (Å²) in [5.41, 5.74) is 5.50. The van der Waals surface area contributed by atoms with Crippen LogP contribution in [0.3, 0.4) is 0 Å². The van der Waals surface area contributed by atoms with Crippen molar-refractivity contribution in [3.63, 3.8) is 0 Å². The summed E-state index contributed by atoms with van der Waals surface area (Å²) in [6.45, 7) is 0. The van der Waals surface area contributed by atoms with Crippen molar-refractivity contribution < 1.29 is 12.8 Å². The van der Waals surface area contributed by atoms with E-state index < -0.39 is 15.8 Å². The molecule has 0 spiro atoms. The second-order valence-corrected chi connectivity index (χ2v) is 6.52. The Bertz CT molecular complexity index is 733. The smallest absolute Gasteiger partial charge is 0.264 e. The van der Waals surface area contributed by atoms with E-state index >= 15 is 0 Å². The lowest BCUT2D eigenvalue weighted by molar-refractivity contribution is 0.597. The zero-order chi connectivity index (χ0) is 14.8. The first kappa shape index (κ1) is 14.7. The maximum absolute atomic E-state index is 13.3. The van der Waals surface area contributed by atoms with Gasteiger partial charge in [-0.05, 0) is 36.6 Å². The van der Waals surface area contributed by atoms with Gasteiger partial charge >= 0.3 is 0 Å². The van der Waals surface area contributed by atoms with Crippen molar-refractivity contribution in [2.24, 2.45) is 0 Å². The number of hydrogen-bond donors (Lipinski definition) is 2. The Hall–Kier alpha value is -1.73. The highest BCUT2D eigenvalue weighted by Crippen LogP contribution is 2.25. The van der Waals surface area contributed by atoms with E-state index in [2.05, 4.69) is 4.72 Å². The van der Waals surface area contributed by atoms with Crippen LogP contribution in [-0.4, -0.2) is 14.7 Å². The molecule has 0 amide bonds. The molecule has 0 saturated carbocycles. The van der Waals surface area contributed by atoms with Crippen molar-refractivity contribution in [1.29, 1.82) is 0 Å². The van der Waals surface area contributed by atoms with Crippen molar-refractivity contribution in [1.82, 2.24) is 0 Å².